The molecular weight excluding hydrogens is 290 g/mol. The van der Waals surface area contributed by atoms with Crippen molar-refractivity contribution in [2.45, 2.75) is 45.7 Å². The second kappa shape index (κ2) is 6.89. The highest BCUT2D eigenvalue weighted by Crippen LogP contribution is 2.23. The van der Waals surface area contributed by atoms with Gasteiger partial charge in [0.15, 0.2) is 0 Å². The number of hydrogen-bond donors (Lipinski definition) is 2. The summed E-state index contributed by atoms with van der Waals surface area (Å²) in [6.07, 6.45) is 4.42. The summed E-state index contributed by atoms with van der Waals surface area (Å²) >= 11 is 1.57. The van der Waals surface area contributed by atoms with Crippen LogP contribution in [0.2, 0.25) is 0 Å². The SMILES string of the molecule is CCc1cnc(CNC(=O)N2CCCC(C)C2C(=O)O)s1. The molecule has 21 heavy (non-hydrogen) atoms. The van der Waals surface area contributed by atoms with E-state index in [2.05, 4.69) is 17.2 Å². The number of carbonyl (C=O) groups is 2. The van der Waals surface area contributed by atoms with Crippen LogP contribution in [0.4, 0.5) is 4.79 Å². The van der Waals surface area contributed by atoms with Crippen molar-refractivity contribution in [3.8, 4) is 0 Å². The minimum absolute atomic E-state index is 0.0199. The van der Waals surface area contributed by atoms with Gasteiger partial charge in [-0.05, 0) is 25.2 Å². The molecule has 1 aromatic heterocycles. The number of hydrogen-bond acceptors (Lipinski definition) is 4. The van der Waals surface area contributed by atoms with Crippen molar-refractivity contribution in [3.63, 3.8) is 0 Å². The van der Waals surface area contributed by atoms with Gasteiger partial charge in [0, 0.05) is 17.6 Å². The molecule has 2 rings (SSSR count). The maximum atomic E-state index is 12.2. The van der Waals surface area contributed by atoms with Crippen LogP contribution in [0.1, 0.15) is 36.6 Å². The van der Waals surface area contributed by atoms with Crippen LogP contribution in [0.15, 0.2) is 6.20 Å². The lowest BCUT2D eigenvalue weighted by molar-refractivity contribution is -0.145. The van der Waals surface area contributed by atoms with E-state index in [0.29, 0.717) is 13.1 Å². The van der Waals surface area contributed by atoms with Gasteiger partial charge in [-0.25, -0.2) is 14.6 Å². The zero-order valence-electron chi connectivity index (χ0n) is 12.3. The van der Waals surface area contributed by atoms with E-state index in [1.165, 1.54) is 9.78 Å². The molecule has 1 aliphatic rings. The minimum Gasteiger partial charge on any atom is -0.480 e. The Labute approximate surface area is 128 Å². The maximum absolute atomic E-state index is 12.2. The summed E-state index contributed by atoms with van der Waals surface area (Å²) in [5.74, 6) is -0.951. The quantitative estimate of drug-likeness (QED) is 0.892. The number of nitrogens with one attached hydrogen (secondary N) is 1. The van der Waals surface area contributed by atoms with Gasteiger partial charge in [-0.3, -0.25) is 0 Å². The topological polar surface area (TPSA) is 82.5 Å². The molecule has 0 spiro atoms. The Morgan fingerprint density at radius 2 is 2.33 bits per heavy atom. The number of nitrogens with zero attached hydrogens (tertiary/aromatic N) is 2. The van der Waals surface area contributed by atoms with Gasteiger partial charge >= 0.3 is 12.0 Å². The zero-order chi connectivity index (χ0) is 15.4. The molecular formula is C14H21N3O3S. The van der Waals surface area contributed by atoms with Crippen LogP contribution in [0.5, 0.6) is 0 Å². The predicted molar refractivity (Wildman–Crippen MR) is 80.3 cm³/mol. The fourth-order valence-electron chi connectivity index (χ4n) is 2.64. The van der Waals surface area contributed by atoms with Crippen molar-refractivity contribution in [3.05, 3.63) is 16.1 Å². The predicted octanol–water partition coefficient (Wildman–Crippen LogP) is 2.10. The van der Waals surface area contributed by atoms with E-state index >= 15 is 0 Å². The van der Waals surface area contributed by atoms with Crippen molar-refractivity contribution in [1.29, 1.82) is 0 Å². The molecule has 1 fully saturated rings. The molecule has 2 N–H and O–H groups in total. The molecule has 7 heteroatoms. The smallest absolute Gasteiger partial charge is 0.326 e. The largest absolute Gasteiger partial charge is 0.480 e. The number of aromatic nitrogens is 1. The Morgan fingerprint density at radius 1 is 1.57 bits per heavy atom. The fraction of sp³-hybridized carbons (Fsp3) is 0.643. The summed E-state index contributed by atoms with van der Waals surface area (Å²) in [4.78, 5) is 30.5. The van der Waals surface area contributed by atoms with Gasteiger partial charge < -0.3 is 15.3 Å². The van der Waals surface area contributed by atoms with Gasteiger partial charge in [0.25, 0.3) is 0 Å². The second-order valence-electron chi connectivity index (χ2n) is 5.33. The van der Waals surface area contributed by atoms with E-state index in [-0.39, 0.29) is 11.9 Å². The molecule has 0 aliphatic carbocycles. The van der Waals surface area contributed by atoms with Crippen LogP contribution in [0, 0.1) is 5.92 Å². The number of thiazole rings is 1. The van der Waals surface area contributed by atoms with Crippen molar-refractivity contribution < 1.29 is 14.7 Å². The third-order valence-corrected chi connectivity index (χ3v) is 4.93. The third kappa shape index (κ3) is 3.72. The lowest BCUT2D eigenvalue weighted by Crippen LogP contribution is -2.54. The molecule has 1 aliphatic heterocycles. The van der Waals surface area contributed by atoms with Crippen LogP contribution < -0.4 is 5.32 Å². The van der Waals surface area contributed by atoms with Gasteiger partial charge in [0.2, 0.25) is 0 Å². The van der Waals surface area contributed by atoms with Gasteiger partial charge in [-0.15, -0.1) is 11.3 Å². The molecule has 0 radical (unpaired) electrons. The van der Waals surface area contributed by atoms with E-state index in [1.807, 2.05) is 13.1 Å². The summed E-state index contributed by atoms with van der Waals surface area (Å²) in [6.45, 7) is 4.78. The van der Waals surface area contributed by atoms with Crippen LogP contribution in [0.3, 0.4) is 0 Å². The van der Waals surface area contributed by atoms with Crippen molar-refractivity contribution in [2.24, 2.45) is 5.92 Å². The number of rotatable bonds is 4. The molecule has 1 saturated heterocycles. The standard InChI is InChI=1S/C14H21N3O3S/c1-3-10-7-15-11(21-10)8-16-14(20)17-6-4-5-9(2)12(17)13(18)19/h7,9,12H,3-6,8H2,1-2H3,(H,16,20)(H,18,19). The Bertz CT molecular complexity index is 517. The molecule has 0 aromatic carbocycles. The summed E-state index contributed by atoms with van der Waals surface area (Å²) < 4.78 is 0. The summed E-state index contributed by atoms with van der Waals surface area (Å²) in [6, 6.07) is -1.05. The fourth-order valence-corrected chi connectivity index (χ4v) is 3.44. The lowest BCUT2D eigenvalue weighted by Gasteiger charge is -2.37. The van der Waals surface area contributed by atoms with Gasteiger partial charge in [0.1, 0.15) is 11.0 Å². The summed E-state index contributed by atoms with van der Waals surface area (Å²) in [5.41, 5.74) is 0. The Morgan fingerprint density at radius 3 is 2.95 bits per heavy atom. The molecule has 2 amide bonds. The summed E-state index contributed by atoms with van der Waals surface area (Å²) in [5, 5.41) is 12.9. The van der Waals surface area contributed by atoms with E-state index in [1.54, 1.807) is 11.3 Å². The van der Waals surface area contributed by atoms with Gasteiger partial charge in [0.05, 0.1) is 6.54 Å². The monoisotopic (exact) mass is 311 g/mol. The normalized spacial score (nSPS) is 22.1. The first-order valence-corrected chi connectivity index (χ1v) is 8.05. The molecule has 2 heterocycles. The minimum atomic E-state index is -0.931. The van der Waals surface area contributed by atoms with Crippen LogP contribution >= 0.6 is 11.3 Å². The van der Waals surface area contributed by atoms with Crippen molar-refractivity contribution in [1.82, 2.24) is 15.2 Å². The van der Waals surface area contributed by atoms with Gasteiger partial charge in [-0.2, -0.15) is 0 Å². The van der Waals surface area contributed by atoms with Crippen molar-refractivity contribution in [2.75, 3.05) is 6.54 Å². The van der Waals surface area contributed by atoms with E-state index in [9.17, 15) is 14.7 Å². The third-order valence-electron chi connectivity index (χ3n) is 3.79. The lowest BCUT2D eigenvalue weighted by atomic mass is 9.91. The number of urea groups is 1. The molecule has 6 nitrogen and oxygen atoms in total. The zero-order valence-corrected chi connectivity index (χ0v) is 13.2. The highest BCUT2D eigenvalue weighted by molar-refractivity contribution is 7.11. The van der Waals surface area contributed by atoms with E-state index in [4.69, 9.17) is 0 Å². The van der Waals surface area contributed by atoms with E-state index in [0.717, 1.165) is 24.3 Å². The first-order valence-electron chi connectivity index (χ1n) is 7.23. The second-order valence-corrected chi connectivity index (χ2v) is 6.53. The Hall–Kier alpha value is -1.63. The number of aryl methyl sites for hydroxylation is 1. The first-order chi connectivity index (χ1) is 10.0. The average Bonchev–Trinajstić information content (AvgIpc) is 2.92. The highest BCUT2D eigenvalue weighted by atomic mass is 32.1. The number of amides is 2. The molecule has 0 saturated carbocycles. The number of aliphatic carboxylic acids is 1. The highest BCUT2D eigenvalue weighted by Gasteiger charge is 2.36. The van der Waals surface area contributed by atoms with E-state index < -0.39 is 12.0 Å². The number of likely N-dealkylation sites (tertiary alicyclic amines) is 1. The average molecular weight is 311 g/mol. The van der Waals surface area contributed by atoms with Crippen LogP contribution in [-0.4, -0.2) is 39.6 Å². The number of piperidine rings is 1. The number of carboxylic acid groups (broad SMARTS) is 1. The van der Waals surface area contributed by atoms with Crippen LogP contribution in [0.25, 0.3) is 0 Å². The maximum Gasteiger partial charge on any atom is 0.326 e. The molecule has 2 atom stereocenters. The molecule has 116 valence electrons. The molecule has 0 bridgehead atoms. The Balaban J connectivity index is 1.96. The van der Waals surface area contributed by atoms with Crippen molar-refractivity contribution >= 4 is 23.3 Å². The van der Waals surface area contributed by atoms with Gasteiger partial charge in [-0.1, -0.05) is 13.8 Å². The molecule has 1 aromatic rings. The number of carboxylic acids is 1. The first kappa shape index (κ1) is 15.8. The van der Waals surface area contributed by atoms with Crippen LogP contribution in [-0.2, 0) is 17.8 Å². The Kier molecular flexibility index (Phi) is 5.17. The molecule has 2 unspecified atom stereocenters. The number of carbonyl (C=O) groups excluding carboxylic acids is 1. The summed E-state index contributed by atoms with van der Waals surface area (Å²) in [7, 11) is 0.